The Kier molecular flexibility index (Phi) is 5.71. The molecule has 1 heterocycles. The first kappa shape index (κ1) is 18.2. The molecule has 2 N–H and O–H groups in total. The largest absolute Gasteiger partial charge is 0.362 e. The summed E-state index contributed by atoms with van der Waals surface area (Å²) in [5.41, 5.74) is 1.73. The van der Waals surface area contributed by atoms with Crippen molar-refractivity contribution in [2.24, 2.45) is 0 Å². The van der Waals surface area contributed by atoms with E-state index in [9.17, 15) is 4.79 Å². The molecule has 0 fully saturated rings. The molecule has 5 nitrogen and oxygen atoms in total. The molecule has 2 aromatic carbocycles. The van der Waals surface area contributed by atoms with Gasteiger partial charge in [-0.2, -0.15) is 0 Å². The summed E-state index contributed by atoms with van der Waals surface area (Å²) in [5.74, 6) is 0.169. The molecule has 1 atom stereocenters. The number of hydrogen-bond acceptors (Lipinski definition) is 4. The van der Waals surface area contributed by atoms with Crippen molar-refractivity contribution in [1.82, 2.24) is 9.97 Å². The quantitative estimate of drug-likeness (QED) is 0.631. The maximum absolute atomic E-state index is 12.3. The predicted octanol–water partition coefficient (Wildman–Crippen LogP) is 5.21. The zero-order valence-electron chi connectivity index (χ0n) is 13.9. The van der Waals surface area contributed by atoms with Crippen molar-refractivity contribution in [2.75, 3.05) is 10.6 Å². The van der Waals surface area contributed by atoms with Crippen molar-refractivity contribution in [3.8, 4) is 0 Å². The molecule has 1 unspecified atom stereocenters. The Morgan fingerprint density at radius 2 is 1.77 bits per heavy atom. The Morgan fingerprint density at radius 3 is 2.46 bits per heavy atom. The molecule has 3 rings (SSSR count). The molecular weight excluding hydrogens is 371 g/mol. The molecule has 1 aromatic heterocycles. The van der Waals surface area contributed by atoms with Crippen LogP contribution in [0.2, 0.25) is 10.0 Å². The van der Waals surface area contributed by atoms with Gasteiger partial charge in [0, 0.05) is 6.04 Å². The molecule has 132 valence electrons. The van der Waals surface area contributed by atoms with Gasteiger partial charge in [-0.1, -0.05) is 59.6 Å². The van der Waals surface area contributed by atoms with Crippen molar-refractivity contribution >= 4 is 40.6 Å². The molecule has 0 aliphatic carbocycles. The highest BCUT2D eigenvalue weighted by molar-refractivity contribution is 6.44. The molecule has 26 heavy (non-hydrogen) atoms. The van der Waals surface area contributed by atoms with E-state index in [0.29, 0.717) is 16.5 Å². The fourth-order valence-electron chi connectivity index (χ4n) is 2.35. The molecule has 1 amide bonds. The van der Waals surface area contributed by atoms with Crippen LogP contribution in [0.25, 0.3) is 0 Å². The van der Waals surface area contributed by atoms with E-state index >= 15 is 0 Å². The van der Waals surface area contributed by atoms with Gasteiger partial charge < -0.3 is 10.6 Å². The van der Waals surface area contributed by atoms with Crippen LogP contribution in [0.15, 0.2) is 60.9 Å². The minimum absolute atomic E-state index is 0.0652. The summed E-state index contributed by atoms with van der Waals surface area (Å²) in [6.45, 7) is 2.03. The van der Waals surface area contributed by atoms with Gasteiger partial charge in [0.05, 0.1) is 28.1 Å². The van der Waals surface area contributed by atoms with Gasteiger partial charge in [-0.3, -0.25) is 4.79 Å². The zero-order chi connectivity index (χ0) is 18.5. The van der Waals surface area contributed by atoms with E-state index in [1.807, 2.05) is 37.3 Å². The van der Waals surface area contributed by atoms with Gasteiger partial charge in [0.25, 0.3) is 5.91 Å². The number of aromatic nitrogens is 2. The minimum Gasteiger partial charge on any atom is -0.362 e. The number of carbonyl (C=O) groups excluding carboxylic acids is 1. The number of anilines is 2. The van der Waals surface area contributed by atoms with Crippen LogP contribution in [0.5, 0.6) is 0 Å². The first-order valence-electron chi connectivity index (χ1n) is 7.93. The first-order valence-corrected chi connectivity index (χ1v) is 8.69. The summed E-state index contributed by atoms with van der Waals surface area (Å²) in [6, 6.07) is 15.1. The summed E-state index contributed by atoms with van der Waals surface area (Å²) < 4.78 is 0. The van der Waals surface area contributed by atoms with E-state index in [-0.39, 0.29) is 16.8 Å². The molecule has 7 heteroatoms. The topological polar surface area (TPSA) is 66.9 Å². The molecule has 0 saturated carbocycles. The number of carbonyl (C=O) groups is 1. The number of nitrogens with zero attached hydrogens (tertiary/aromatic N) is 2. The van der Waals surface area contributed by atoms with E-state index in [2.05, 4.69) is 20.6 Å². The van der Waals surface area contributed by atoms with E-state index in [4.69, 9.17) is 23.2 Å². The first-order chi connectivity index (χ1) is 12.5. The Morgan fingerprint density at radius 1 is 1.00 bits per heavy atom. The third kappa shape index (κ3) is 4.31. The highest BCUT2D eigenvalue weighted by Gasteiger charge is 2.12. The van der Waals surface area contributed by atoms with Crippen molar-refractivity contribution in [2.45, 2.75) is 13.0 Å². The lowest BCUT2D eigenvalue weighted by atomic mass is 10.1. The normalized spacial score (nSPS) is 11.7. The lowest BCUT2D eigenvalue weighted by Gasteiger charge is -2.14. The van der Waals surface area contributed by atoms with Crippen molar-refractivity contribution in [1.29, 1.82) is 0 Å². The second-order valence-electron chi connectivity index (χ2n) is 5.62. The minimum atomic E-state index is -0.413. The molecule has 0 aliphatic rings. The second-order valence-corrected chi connectivity index (χ2v) is 6.40. The van der Waals surface area contributed by atoms with Crippen LogP contribution in [0.1, 0.15) is 29.0 Å². The number of benzene rings is 2. The third-order valence-electron chi connectivity index (χ3n) is 3.75. The number of nitrogens with one attached hydrogen (secondary N) is 2. The summed E-state index contributed by atoms with van der Waals surface area (Å²) in [6.07, 6.45) is 2.93. The molecule has 0 saturated heterocycles. The zero-order valence-corrected chi connectivity index (χ0v) is 15.4. The van der Waals surface area contributed by atoms with Gasteiger partial charge in [0.2, 0.25) is 0 Å². The summed E-state index contributed by atoms with van der Waals surface area (Å²) >= 11 is 12.0. The Labute approximate surface area is 161 Å². The number of rotatable bonds is 5. The van der Waals surface area contributed by atoms with Crippen LogP contribution in [-0.4, -0.2) is 15.9 Å². The lowest BCUT2D eigenvalue weighted by Crippen LogP contribution is -2.15. The summed E-state index contributed by atoms with van der Waals surface area (Å²) in [4.78, 5) is 20.7. The SMILES string of the molecule is CC(Nc1cnc(C(=O)Nc2cccc(Cl)c2Cl)cn1)c1ccccc1. The number of amides is 1. The fourth-order valence-corrected chi connectivity index (χ4v) is 2.70. The third-order valence-corrected chi connectivity index (χ3v) is 4.57. The molecule has 0 spiro atoms. The second kappa shape index (κ2) is 8.17. The highest BCUT2D eigenvalue weighted by atomic mass is 35.5. The predicted molar refractivity (Wildman–Crippen MR) is 105 cm³/mol. The van der Waals surface area contributed by atoms with Gasteiger partial charge in [0.1, 0.15) is 11.5 Å². The van der Waals surface area contributed by atoms with Crippen LogP contribution >= 0.6 is 23.2 Å². The van der Waals surface area contributed by atoms with E-state index < -0.39 is 5.91 Å². The van der Waals surface area contributed by atoms with Crippen LogP contribution < -0.4 is 10.6 Å². The van der Waals surface area contributed by atoms with Crippen LogP contribution in [0.3, 0.4) is 0 Å². The number of hydrogen-bond donors (Lipinski definition) is 2. The maximum Gasteiger partial charge on any atom is 0.275 e. The van der Waals surface area contributed by atoms with Crippen LogP contribution in [-0.2, 0) is 0 Å². The Hall–Kier alpha value is -2.63. The monoisotopic (exact) mass is 386 g/mol. The molecule has 0 aliphatic heterocycles. The summed E-state index contributed by atoms with van der Waals surface area (Å²) in [5, 5.41) is 6.57. The van der Waals surface area contributed by atoms with Crippen LogP contribution in [0.4, 0.5) is 11.5 Å². The Balaban J connectivity index is 1.67. The standard InChI is InChI=1S/C19H16Cl2N4O/c1-12(13-6-3-2-4-7-13)24-17-11-22-16(10-23-17)19(26)25-15-9-5-8-14(20)18(15)21/h2-12H,1H3,(H,23,24)(H,25,26). The molecular formula is C19H16Cl2N4O. The Bertz CT molecular complexity index is 901. The molecule has 3 aromatic rings. The average molecular weight is 387 g/mol. The van der Waals surface area contributed by atoms with Crippen LogP contribution in [0, 0.1) is 0 Å². The van der Waals surface area contributed by atoms with Gasteiger partial charge >= 0.3 is 0 Å². The lowest BCUT2D eigenvalue weighted by molar-refractivity contribution is 0.102. The maximum atomic E-state index is 12.3. The van der Waals surface area contributed by atoms with Crippen molar-refractivity contribution in [3.05, 3.63) is 82.2 Å². The van der Waals surface area contributed by atoms with Gasteiger partial charge in [-0.15, -0.1) is 0 Å². The highest BCUT2D eigenvalue weighted by Crippen LogP contribution is 2.29. The number of halogens is 2. The smallest absolute Gasteiger partial charge is 0.275 e. The van der Waals surface area contributed by atoms with Gasteiger partial charge in [-0.05, 0) is 24.6 Å². The fraction of sp³-hybridized carbons (Fsp3) is 0.105. The van der Waals surface area contributed by atoms with E-state index in [0.717, 1.165) is 5.56 Å². The van der Waals surface area contributed by atoms with Crippen molar-refractivity contribution < 1.29 is 4.79 Å². The van der Waals surface area contributed by atoms with Crippen molar-refractivity contribution in [3.63, 3.8) is 0 Å². The van der Waals surface area contributed by atoms with Gasteiger partial charge in [0.15, 0.2) is 0 Å². The molecule has 0 radical (unpaired) electrons. The summed E-state index contributed by atoms with van der Waals surface area (Å²) in [7, 11) is 0. The average Bonchev–Trinajstić information content (AvgIpc) is 2.66. The van der Waals surface area contributed by atoms with E-state index in [1.54, 1.807) is 18.2 Å². The molecule has 0 bridgehead atoms. The van der Waals surface area contributed by atoms with E-state index in [1.165, 1.54) is 12.4 Å². The van der Waals surface area contributed by atoms with Gasteiger partial charge in [-0.25, -0.2) is 9.97 Å².